The largest absolute Gasteiger partial charge is 0.542 e. The van der Waals surface area contributed by atoms with E-state index in [0.29, 0.717) is 0 Å². The molecule has 1 aromatic rings. The Kier molecular flexibility index (Phi) is 5.47. The van der Waals surface area contributed by atoms with Gasteiger partial charge in [-0.15, -0.1) is 0 Å². The molecule has 20 heavy (non-hydrogen) atoms. The van der Waals surface area contributed by atoms with Crippen molar-refractivity contribution in [2.24, 2.45) is 0 Å². The molecular weight excluding hydrogens is 312 g/mol. The molecule has 0 atom stereocenters. The van der Waals surface area contributed by atoms with Crippen molar-refractivity contribution < 1.29 is 8.85 Å². The van der Waals surface area contributed by atoms with E-state index in [1.54, 1.807) is 0 Å². The van der Waals surface area contributed by atoms with Crippen LogP contribution in [0.25, 0.3) is 0 Å². The summed E-state index contributed by atoms with van der Waals surface area (Å²) in [4.78, 5) is 0. The van der Waals surface area contributed by atoms with Crippen LogP contribution in [0.3, 0.4) is 0 Å². The first-order chi connectivity index (χ1) is 9.43. The van der Waals surface area contributed by atoms with Gasteiger partial charge in [0.2, 0.25) is 8.56 Å². The maximum Gasteiger partial charge on any atom is 0.274 e. The second-order valence-corrected chi connectivity index (χ2v) is 15.4. The molecule has 1 aliphatic heterocycles. The molecule has 0 amide bonds. The fourth-order valence-electron chi connectivity index (χ4n) is 2.53. The molecule has 1 heterocycles. The van der Waals surface area contributed by atoms with Gasteiger partial charge in [0.1, 0.15) is 5.75 Å². The van der Waals surface area contributed by atoms with Crippen molar-refractivity contribution in [2.45, 2.75) is 46.8 Å². The summed E-state index contributed by atoms with van der Waals surface area (Å²) in [6, 6.07) is 1.26. The van der Waals surface area contributed by atoms with E-state index in [1.807, 2.05) is 0 Å². The van der Waals surface area contributed by atoms with E-state index in [-0.39, 0.29) is 0 Å². The van der Waals surface area contributed by atoms with Crippen molar-refractivity contribution in [1.29, 1.82) is 0 Å². The molecule has 6 heteroatoms. The van der Waals surface area contributed by atoms with Crippen LogP contribution in [0, 0.1) is 27.7 Å². The van der Waals surface area contributed by atoms with E-state index in [9.17, 15) is 0 Å². The predicted molar refractivity (Wildman–Crippen MR) is 91.2 cm³/mol. The first-order valence-corrected chi connectivity index (χ1v) is 15.0. The Labute approximate surface area is 130 Å². The van der Waals surface area contributed by atoms with Crippen LogP contribution in [-0.4, -0.2) is 41.8 Å². The van der Waals surface area contributed by atoms with Crippen LogP contribution >= 0.6 is 0 Å². The number of hydrogen-bond donors (Lipinski definition) is 0. The highest BCUT2D eigenvalue weighted by Gasteiger charge is 2.27. The highest BCUT2D eigenvalue weighted by molar-refractivity contribution is 7.38. The van der Waals surface area contributed by atoms with Gasteiger partial charge in [-0.05, 0) is 74.3 Å². The van der Waals surface area contributed by atoms with Crippen LogP contribution in [0.5, 0.6) is 5.75 Å². The first kappa shape index (κ1) is 16.2. The van der Waals surface area contributed by atoms with E-state index in [2.05, 4.69) is 40.8 Å². The minimum atomic E-state index is -0.810. The molecule has 0 aliphatic carbocycles. The molecule has 1 saturated heterocycles. The van der Waals surface area contributed by atoms with Crippen molar-refractivity contribution in [3.8, 4) is 5.75 Å². The highest BCUT2D eigenvalue weighted by atomic mass is 29.5. The molecule has 1 aliphatic rings. The van der Waals surface area contributed by atoms with Gasteiger partial charge in [0.25, 0.3) is 9.04 Å². The number of benzene rings is 1. The van der Waals surface area contributed by atoms with Crippen LogP contribution in [0.15, 0.2) is 0 Å². The summed E-state index contributed by atoms with van der Waals surface area (Å²) in [6.45, 7) is 14.3. The Hall–Kier alpha value is -0.152. The van der Waals surface area contributed by atoms with Gasteiger partial charge in [-0.25, -0.2) is 0 Å². The molecule has 2 nitrogen and oxygen atoms in total. The summed E-state index contributed by atoms with van der Waals surface area (Å²) in [7, 11) is 0.567. The van der Waals surface area contributed by atoms with Gasteiger partial charge < -0.3 is 8.85 Å². The SMILES string of the molecule is Cc1c(C)c(O[Si](C)C)c(C)c([Si]2OCC[Si][Si]2)c1C. The van der Waals surface area contributed by atoms with Crippen LogP contribution in [0.2, 0.25) is 19.1 Å². The Balaban J connectivity index is 2.52. The summed E-state index contributed by atoms with van der Waals surface area (Å²) in [5.74, 6) is 1.14. The Morgan fingerprint density at radius 2 is 1.75 bits per heavy atom. The monoisotopic (exact) mass is 334 g/mol. The van der Waals surface area contributed by atoms with Crippen molar-refractivity contribution >= 4 is 40.4 Å². The van der Waals surface area contributed by atoms with Gasteiger partial charge in [0, 0.05) is 15.6 Å². The molecule has 0 unspecified atom stereocenters. The van der Waals surface area contributed by atoms with Crippen LogP contribution in [-0.2, 0) is 4.43 Å². The van der Waals surface area contributed by atoms with Gasteiger partial charge in [-0.3, -0.25) is 0 Å². The van der Waals surface area contributed by atoms with E-state index in [1.165, 1.54) is 33.5 Å². The fourth-order valence-corrected chi connectivity index (χ4v) is 13.1. The first-order valence-electron chi connectivity index (χ1n) is 7.00. The zero-order valence-corrected chi connectivity index (χ0v) is 17.2. The van der Waals surface area contributed by atoms with Gasteiger partial charge in [-0.2, -0.15) is 0 Å². The average molecular weight is 335 g/mol. The third-order valence-corrected chi connectivity index (χ3v) is 13.7. The lowest BCUT2D eigenvalue weighted by atomic mass is 9.99. The number of rotatable bonds is 3. The Morgan fingerprint density at radius 1 is 1.05 bits per heavy atom. The van der Waals surface area contributed by atoms with E-state index in [0.717, 1.165) is 29.9 Å². The van der Waals surface area contributed by atoms with Crippen LogP contribution in [0.1, 0.15) is 22.3 Å². The number of hydrogen-bond acceptors (Lipinski definition) is 2. The van der Waals surface area contributed by atoms with Gasteiger partial charge >= 0.3 is 0 Å². The lowest BCUT2D eigenvalue weighted by Crippen LogP contribution is -2.49. The van der Waals surface area contributed by atoms with Crippen LogP contribution in [0.4, 0.5) is 0 Å². The maximum atomic E-state index is 6.21. The molecule has 1 fully saturated rings. The molecule has 0 bridgehead atoms. The van der Waals surface area contributed by atoms with E-state index in [4.69, 9.17) is 8.85 Å². The quantitative estimate of drug-likeness (QED) is 0.787. The van der Waals surface area contributed by atoms with Crippen molar-refractivity contribution in [2.75, 3.05) is 6.61 Å². The fraction of sp³-hybridized carbons (Fsp3) is 0.571. The summed E-state index contributed by atoms with van der Waals surface area (Å²) in [5.41, 5.74) is 5.51. The summed E-state index contributed by atoms with van der Waals surface area (Å²) in [5, 5.41) is 1.50. The molecule has 0 saturated carbocycles. The molecular formula is C14H22O2Si4. The lowest BCUT2D eigenvalue weighted by molar-refractivity contribution is 0.359. The van der Waals surface area contributed by atoms with Crippen molar-refractivity contribution in [1.82, 2.24) is 0 Å². The molecule has 0 aromatic heterocycles. The topological polar surface area (TPSA) is 18.5 Å². The third-order valence-electron chi connectivity index (χ3n) is 3.76. The highest BCUT2D eigenvalue weighted by Crippen LogP contribution is 2.28. The third kappa shape index (κ3) is 3.19. The lowest BCUT2D eigenvalue weighted by Gasteiger charge is -2.27. The normalized spacial score (nSPS) is 16.8. The van der Waals surface area contributed by atoms with Crippen LogP contribution < -0.4 is 9.61 Å². The van der Waals surface area contributed by atoms with Gasteiger partial charge in [-0.1, -0.05) is 0 Å². The molecule has 106 valence electrons. The van der Waals surface area contributed by atoms with E-state index < -0.39 is 17.6 Å². The minimum Gasteiger partial charge on any atom is -0.542 e. The maximum absolute atomic E-state index is 6.21. The standard InChI is InChI=1S/C14H22O2Si4/c1-9-10(2)13(16-19(5)6)12(4)14(11(9)3)20-15-7-8-17-18-20/h7-8H2,1-6H3. The minimum absolute atomic E-state index is 0.732. The molecule has 6 radical (unpaired) electrons. The van der Waals surface area contributed by atoms with Gasteiger partial charge in [0.15, 0.2) is 0 Å². The summed E-state index contributed by atoms with van der Waals surface area (Å²) < 4.78 is 12.4. The second-order valence-electron chi connectivity index (χ2n) is 5.44. The second kappa shape index (κ2) is 6.74. The smallest absolute Gasteiger partial charge is 0.274 e. The zero-order valence-electron chi connectivity index (χ0n) is 13.2. The van der Waals surface area contributed by atoms with Crippen molar-refractivity contribution in [3.63, 3.8) is 0 Å². The Morgan fingerprint density at radius 3 is 2.30 bits per heavy atom. The average Bonchev–Trinajstić information content (AvgIpc) is 2.42. The van der Waals surface area contributed by atoms with Gasteiger partial charge in [0.05, 0.1) is 8.55 Å². The molecule has 0 N–H and O–H groups in total. The predicted octanol–water partition coefficient (Wildman–Crippen LogP) is 2.02. The molecule has 1 aromatic carbocycles. The molecule has 2 rings (SSSR count). The van der Waals surface area contributed by atoms with E-state index >= 15 is 0 Å². The summed E-state index contributed by atoms with van der Waals surface area (Å²) in [6.07, 6.45) is 0. The molecule has 0 spiro atoms. The Bertz CT molecular complexity index is 497. The van der Waals surface area contributed by atoms with Crippen molar-refractivity contribution in [3.05, 3.63) is 22.3 Å². The summed E-state index contributed by atoms with van der Waals surface area (Å²) >= 11 is 0. The zero-order chi connectivity index (χ0) is 14.9.